The number of aliphatic carboxylic acids is 1. The molecule has 0 fully saturated rings. The third-order valence-corrected chi connectivity index (χ3v) is 10.6. The fraction of sp³-hybridized carbons (Fsp3) is 0.406. The summed E-state index contributed by atoms with van der Waals surface area (Å²) in [6.07, 6.45) is 2.03. The van der Waals surface area contributed by atoms with E-state index >= 15 is 0 Å². The average molecular weight is 652 g/mol. The van der Waals surface area contributed by atoms with Gasteiger partial charge in [0.25, 0.3) is 0 Å². The Bertz CT molecular complexity index is 1550. The lowest BCUT2D eigenvalue weighted by molar-refractivity contribution is -0.136. The highest BCUT2D eigenvalue weighted by Crippen LogP contribution is 2.37. The van der Waals surface area contributed by atoms with Crippen LogP contribution in [0.4, 0.5) is 4.39 Å². The Morgan fingerprint density at radius 3 is 2.28 bits per heavy atom. The summed E-state index contributed by atoms with van der Waals surface area (Å²) in [7, 11) is -2.87. The van der Waals surface area contributed by atoms with Gasteiger partial charge in [-0.3, -0.25) is 4.79 Å². The van der Waals surface area contributed by atoms with E-state index in [0.717, 1.165) is 23.6 Å². The van der Waals surface area contributed by atoms with E-state index in [4.69, 9.17) is 28.3 Å². The van der Waals surface area contributed by atoms with Crippen LogP contribution in [0, 0.1) is 11.7 Å². The summed E-state index contributed by atoms with van der Waals surface area (Å²) in [4.78, 5) is 10.6. The second-order valence-electron chi connectivity index (χ2n) is 11.9. The van der Waals surface area contributed by atoms with Crippen LogP contribution >= 0.6 is 23.2 Å². The second kappa shape index (κ2) is 13.6. The Morgan fingerprint density at radius 2 is 1.70 bits per heavy atom. The highest BCUT2D eigenvalue weighted by molar-refractivity contribution is 7.89. The normalized spacial score (nSPS) is 14.7. The summed E-state index contributed by atoms with van der Waals surface area (Å²) in [6.45, 7) is 4.14. The van der Waals surface area contributed by atoms with Crippen molar-refractivity contribution in [2.24, 2.45) is 5.92 Å². The predicted octanol–water partition coefficient (Wildman–Crippen LogP) is 5.97. The van der Waals surface area contributed by atoms with Gasteiger partial charge in [-0.25, -0.2) is 12.8 Å². The number of aliphatic hydroxyl groups excluding tert-OH is 1. The fourth-order valence-corrected chi connectivity index (χ4v) is 8.12. The maximum atomic E-state index is 14.7. The van der Waals surface area contributed by atoms with Crippen LogP contribution < -0.4 is 5.32 Å². The molecule has 11 heteroatoms. The molecule has 1 atom stereocenters. The van der Waals surface area contributed by atoms with Crippen molar-refractivity contribution >= 4 is 39.2 Å². The number of benzene rings is 3. The molecule has 7 nitrogen and oxygen atoms in total. The molecule has 0 saturated carbocycles. The molecule has 0 radical (unpaired) electrons. The number of sulfonamides is 1. The predicted molar refractivity (Wildman–Crippen MR) is 168 cm³/mol. The van der Waals surface area contributed by atoms with Crippen molar-refractivity contribution in [3.8, 4) is 11.1 Å². The molecule has 0 heterocycles. The monoisotopic (exact) mass is 650 g/mol. The number of rotatable bonds is 13. The zero-order valence-corrected chi connectivity index (χ0v) is 26.7. The lowest BCUT2D eigenvalue weighted by Crippen LogP contribution is -2.47. The lowest BCUT2D eigenvalue weighted by Gasteiger charge is -2.31. The van der Waals surface area contributed by atoms with Crippen molar-refractivity contribution in [3.63, 3.8) is 0 Å². The number of carboxylic acids is 1. The Labute approximate surface area is 262 Å². The molecule has 0 aliphatic heterocycles. The molecule has 4 rings (SSSR count). The molecule has 0 aromatic heterocycles. The van der Waals surface area contributed by atoms with Crippen molar-refractivity contribution in [2.75, 3.05) is 20.1 Å². The minimum atomic E-state index is -4.21. The molecule has 0 amide bonds. The zero-order valence-electron chi connectivity index (χ0n) is 24.4. The number of aliphatic hydroxyl groups is 1. The van der Waals surface area contributed by atoms with E-state index in [1.54, 1.807) is 0 Å². The van der Waals surface area contributed by atoms with Gasteiger partial charge in [-0.05, 0) is 92.0 Å². The van der Waals surface area contributed by atoms with Crippen LogP contribution in [0.15, 0.2) is 59.5 Å². The van der Waals surface area contributed by atoms with Crippen LogP contribution in [-0.2, 0) is 34.1 Å². The Balaban J connectivity index is 1.40. The summed E-state index contributed by atoms with van der Waals surface area (Å²) in [5.41, 5.74) is 3.47. The van der Waals surface area contributed by atoms with E-state index in [9.17, 15) is 22.7 Å². The number of nitrogens with one attached hydrogen (secondary N) is 1. The van der Waals surface area contributed by atoms with Gasteiger partial charge in [0.1, 0.15) is 10.7 Å². The molecule has 3 N–H and O–H groups in total. The van der Waals surface area contributed by atoms with E-state index in [-0.39, 0.29) is 57.5 Å². The van der Waals surface area contributed by atoms with Gasteiger partial charge in [0.05, 0.1) is 16.1 Å². The standard InChI is InChI=1S/C32H37Cl2FN2O5S/c1-32(2,17-21-12-22-6-4-5-7-23(22)13-21)36-18-25(38)19-37(3)43(41,42)31-27(33)15-24(16-28(31)34)26-14-20(8-10-29(26)35)9-11-30(39)40/h4-8,10,14-16,21,25,36,38H,9,11-13,17-19H2,1-3H3,(H,39,40)/t25-/m1/s1. The smallest absolute Gasteiger partial charge is 0.303 e. The molecular formula is C32H37Cl2FN2O5S. The molecule has 1 aliphatic rings. The van der Waals surface area contributed by atoms with Crippen LogP contribution in [0.2, 0.25) is 10.0 Å². The van der Waals surface area contributed by atoms with Crippen molar-refractivity contribution in [2.45, 2.75) is 62.5 Å². The molecule has 3 aromatic carbocycles. The molecular weight excluding hydrogens is 614 g/mol. The van der Waals surface area contributed by atoms with Gasteiger partial charge in [0.2, 0.25) is 10.0 Å². The summed E-state index contributed by atoms with van der Waals surface area (Å²) >= 11 is 12.8. The molecule has 43 heavy (non-hydrogen) atoms. The van der Waals surface area contributed by atoms with Gasteiger partial charge in [0.15, 0.2) is 0 Å². The Hall–Kier alpha value is -2.53. The minimum Gasteiger partial charge on any atom is -0.481 e. The number of fused-ring (bicyclic) bond motifs is 1. The van der Waals surface area contributed by atoms with E-state index in [2.05, 4.69) is 43.4 Å². The molecule has 0 unspecified atom stereocenters. The number of hydrogen-bond donors (Lipinski definition) is 3. The number of carboxylic acid groups (broad SMARTS) is 1. The summed E-state index contributed by atoms with van der Waals surface area (Å²) < 4.78 is 42.6. The van der Waals surface area contributed by atoms with Gasteiger partial charge < -0.3 is 15.5 Å². The van der Waals surface area contributed by atoms with Gasteiger partial charge >= 0.3 is 5.97 Å². The lowest BCUT2D eigenvalue weighted by atomic mass is 9.88. The highest BCUT2D eigenvalue weighted by Gasteiger charge is 2.31. The molecule has 3 aromatic rings. The number of aryl methyl sites for hydroxylation is 1. The Kier molecular flexibility index (Phi) is 10.6. The van der Waals surface area contributed by atoms with Gasteiger partial charge in [-0.15, -0.1) is 0 Å². The molecule has 0 saturated heterocycles. The number of hydrogen-bond acceptors (Lipinski definition) is 5. The average Bonchev–Trinajstić information content (AvgIpc) is 3.32. The molecule has 0 bridgehead atoms. The van der Waals surface area contributed by atoms with Gasteiger partial charge in [-0.1, -0.05) is 53.5 Å². The maximum absolute atomic E-state index is 14.7. The molecule has 232 valence electrons. The largest absolute Gasteiger partial charge is 0.481 e. The van der Waals surface area contributed by atoms with Crippen molar-refractivity contribution < 1.29 is 27.8 Å². The van der Waals surface area contributed by atoms with E-state index in [0.29, 0.717) is 11.5 Å². The van der Waals surface area contributed by atoms with E-state index < -0.39 is 27.9 Å². The summed E-state index contributed by atoms with van der Waals surface area (Å²) in [6, 6.07) is 15.3. The van der Waals surface area contributed by atoms with Crippen LogP contribution in [0.5, 0.6) is 0 Å². The number of nitrogens with zero attached hydrogens (tertiary/aromatic N) is 1. The number of β-amino-alcohol motifs (C(OH)–C–C–N with tert-alkyl or cyclic N) is 1. The first-order chi connectivity index (χ1) is 20.2. The van der Waals surface area contributed by atoms with Crippen molar-refractivity contribution in [3.05, 3.63) is 87.2 Å². The van der Waals surface area contributed by atoms with Crippen LogP contribution in [-0.4, -0.2) is 60.7 Å². The van der Waals surface area contributed by atoms with Crippen LogP contribution in [0.1, 0.15) is 43.4 Å². The number of carbonyl (C=O) groups is 1. The zero-order chi connectivity index (χ0) is 31.5. The summed E-state index contributed by atoms with van der Waals surface area (Å²) in [5.74, 6) is -1.07. The molecule has 0 spiro atoms. The first kappa shape index (κ1) is 33.4. The van der Waals surface area contributed by atoms with Gasteiger partial charge in [0, 0.05) is 37.7 Å². The SMILES string of the molecule is CN(C[C@H](O)CNC(C)(C)CC1Cc2ccccc2C1)S(=O)(=O)c1c(Cl)cc(-c2cc(CCC(=O)O)ccc2F)cc1Cl. The van der Waals surface area contributed by atoms with Crippen molar-refractivity contribution in [1.29, 1.82) is 0 Å². The summed E-state index contributed by atoms with van der Waals surface area (Å²) in [5, 5.41) is 22.7. The minimum absolute atomic E-state index is 0.120. The fourth-order valence-electron chi connectivity index (χ4n) is 5.76. The third-order valence-electron chi connectivity index (χ3n) is 7.85. The molecule has 1 aliphatic carbocycles. The second-order valence-corrected chi connectivity index (χ2v) is 14.7. The maximum Gasteiger partial charge on any atom is 0.303 e. The third kappa shape index (κ3) is 8.35. The van der Waals surface area contributed by atoms with E-state index in [1.807, 2.05) is 0 Å². The number of halogens is 3. The van der Waals surface area contributed by atoms with Gasteiger partial charge in [-0.2, -0.15) is 4.31 Å². The highest BCUT2D eigenvalue weighted by atomic mass is 35.5. The van der Waals surface area contributed by atoms with Crippen molar-refractivity contribution in [1.82, 2.24) is 9.62 Å². The van der Waals surface area contributed by atoms with Crippen LogP contribution in [0.3, 0.4) is 0 Å². The first-order valence-electron chi connectivity index (χ1n) is 14.1. The Morgan fingerprint density at radius 1 is 1.09 bits per heavy atom. The van der Waals surface area contributed by atoms with E-state index in [1.165, 1.54) is 48.5 Å². The van der Waals surface area contributed by atoms with Crippen LogP contribution in [0.25, 0.3) is 11.1 Å². The topological polar surface area (TPSA) is 107 Å². The quantitative estimate of drug-likeness (QED) is 0.210. The first-order valence-corrected chi connectivity index (χ1v) is 16.3. The number of likely N-dealkylation sites (N-methyl/N-ethyl adjacent to an activating group) is 1.